The average molecular weight is 146 g/mol. The number of hydrogen-bond donors (Lipinski definition) is 1. The Hall–Kier alpha value is 0.0200. The topological polar surface area (TPSA) is 17.1 Å². The van der Waals surface area contributed by atoms with E-state index >= 15 is 0 Å². The molecule has 0 aliphatic carbocycles. The van der Waals surface area contributed by atoms with Gasteiger partial charge in [-0.25, -0.2) is 0 Å². The van der Waals surface area contributed by atoms with Crippen LogP contribution in [0, 0.1) is 5.92 Å². The van der Waals surface area contributed by atoms with Gasteiger partial charge in [-0.2, -0.15) is 0 Å². The van der Waals surface area contributed by atoms with Crippen LogP contribution in [0.1, 0.15) is 33.1 Å². The van der Waals surface area contributed by atoms with Gasteiger partial charge in [0.2, 0.25) is 0 Å². The van der Waals surface area contributed by atoms with Crippen molar-refractivity contribution in [3.8, 4) is 0 Å². The molecule has 0 spiro atoms. The Morgan fingerprint density at radius 2 is 2.11 bits per heavy atom. The van der Waals surface area contributed by atoms with Crippen molar-refractivity contribution in [2.24, 2.45) is 5.92 Å². The van der Waals surface area contributed by atoms with Gasteiger partial charge in [-0.1, -0.05) is 20.3 Å². The maximum Gasteiger partial charge on any atom is 0.185 e. The fraction of sp³-hybridized carbons (Fsp3) is 0.857. The van der Waals surface area contributed by atoms with Gasteiger partial charge in [0.05, 0.1) is 0 Å². The van der Waals surface area contributed by atoms with E-state index in [4.69, 9.17) is 0 Å². The molecular weight excluding hydrogens is 132 g/mol. The van der Waals surface area contributed by atoms with Crippen LogP contribution in [0.5, 0.6) is 0 Å². The molecular formula is C7H14OS. The first-order valence-corrected chi connectivity index (χ1v) is 3.79. The highest BCUT2D eigenvalue weighted by molar-refractivity contribution is 7.96. The minimum Gasteiger partial charge on any atom is -0.288 e. The second-order valence-electron chi connectivity index (χ2n) is 2.68. The second-order valence-corrected chi connectivity index (χ2v) is 3.18. The van der Waals surface area contributed by atoms with Gasteiger partial charge in [-0.05, 0) is 12.3 Å². The maximum absolute atomic E-state index is 10.3. The molecule has 54 valence electrons. The summed E-state index contributed by atoms with van der Waals surface area (Å²) in [6.07, 6.45) is 2.74. The lowest BCUT2D eigenvalue weighted by molar-refractivity contribution is -0.110. The van der Waals surface area contributed by atoms with E-state index in [1.807, 2.05) is 0 Å². The van der Waals surface area contributed by atoms with E-state index in [0.717, 1.165) is 12.8 Å². The molecule has 0 rings (SSSR count). The number of thiol groups is 1. The van der Waals surface area contributed by atoms with Crippen LogP contribution in [-0.2, 0) is 4.79 Å². The molecule has 0 aliphatic rings. The van der Waals surface area contributed by atoms with E-state index in [0.29, 0.717) is 12.3 Å². The third-order valence-corrected chi connectivity index (χ3v) is 1.40. The molecule has 0 N–H and O–H groups in total. The highest BCUT2D eigenvalue weighted by atomic mass is 32.1. The van der Waals surface area contributed by atoms with Crippen molar-refractivity contribution in [3.05, 3.63) is 0 Å². The quantitative estimate of drug-likeness (QED) is 0.602. The summed E-state index contributed by atoms with van der Waals surface area (Å²) in [7, 11) is 0. The zero-order valence-electron chi connectivity index (χ0n) is 6.05. The van der Waals surface area contributed by atoms with Gasteiger partial charge in [-0.15, -0.1) is 12.6 Å². The third kappa shape index (κ3) is 8.02. The van der Waals surface area contributed by atoms with Crippen molar-refractivity contribution in [3.63, 3.8) is 0 Å². The lowest BCUT2D eigenvalue weighted by Gasteiger charge is -2.00. The summed E-state index contributed by atoms with van der Waals surface area (Å²) in [4.78, 5) is 10.3. The van der Waals surface area contributed by atoms with Crippen molar-refractivity contribution in [2.45, 2.75) is 33.1 Å². The van der Waals surface area contributed by atoms with Crippen molar-refractivity contribution in [2.75, 3.05) is 0 Å². The Balaban J connectivity index is 3.01. The van der Waals surface area contributed by atoms with Crippen LogP contribution in [-0.4, -0.2) is 5.12 Å². The first-order valence-electron chi connectivity index (χ1n) is 3.34. The molecule has 0 atom stereocenters. The van der Waals surface area contributed by atoms with E-state index in [-0.39, 0.29) is 5.12 Å². The summed E-state index contributed by atoms with van der Waals surface area (Å²) >= 11 is 3.66. The molecule has 0 amide bonds. The van der Waals surface area contributed by atoms with E-state index in [9.17, 15) is 4.79 Å². The molecule has 0 saturated heterocycles. The predicted octanol–water partition coefficient (Wildman–Crippen LogP) is 2.27. The standard InChI is InChI=1S/C7H14OS/c1-6(2)4-3-5-7(8)9/h6H,3-5H2,1-2H3,(H,8,9). The van der Waals surface area contributed by atoms with Gasteiger partial charge in [0.1, 0.15) is 0 Å². The largest absolute Gasteiger partial charge is 0.288 e. The lowest BCUT2D eigenvalue weighted by atomic mass is 10.1. The number of carbonyl (C=O) groups excluding carboxylic acids is 1. The number of hydrogen-bond acceptors (Lipinski definition) is 1. The second kappa shape index (κ2) is 4.86. The van der Waals surface area contributed by atoms with E-state index in [1.165, 1.54) is 0 Å². The fourth-order valence-electron chi connectivity index (χ4n) is 0.662. The van der Waals surface area contributed by atoms with Crippen LogP contribution in [0.15, 0.2) is 0 Å². The summed E-state index contributed by atoms with van der Waals surface area (Å²) < 4.78 is 0. The Kier molecular flexibility index (Phi) is 4.87. The minimum atomic E-state index is 0.00986. The van der Waals surface area contributed by atoms with Crippen LogP contribution in [0.4, 0.5) is 0 Å². The van der Waals surface area contributed by atoms with E-state index in [2.05, 4.69) is 26.5 Å². The Bertz CT molecular complexity index is 88.9. The molecule has 0 radical (unpaired) electrons. The van der Waals surface area contributed by atoms with Crippen molar-refractivity contribution in [1.29, 1.82) is 0 Å². The van der Waals surface area contributed by atoms with Gasteiger partial charge in [0, 0.05) is 6.42 Å². The van der Waals surface area contributed by atoms with Crippen molar-refractivity contribution >= 4 is 17.7 Å². The molecule has 2 heteroatoms. The normalized spacial score (nSPS) is 10.2. The zero-order chi connectivity index (χ0) is 7.28. The highest BCUT2D eigenvalue weighted by Gasteiger charge is 1.96. The highest BCUT2D eigenvalue weighted by Crippen LogP contribution is 2.06. The summed E-state index contributed by atoms with van der Waals surface area (Å²) in [5.74, 6) is 0.706. The maximum atomic E-state index is 10.3. The van der Waals surface area contributed by atoms with Gasteiger partial charge < -0.3 is 0 Å². The van der Waals surface area contributed by atoms with Gasteiger partial charge in [0.25, 0.3) is 0 Å². The molecule has 9 heavy (non-hydrogen) atoms. The van der Waals surface area contributed by atoms with Crippen LogP contribution < -0.4 is 0 Å². The minimum absolute atomic E-state index is 0.00986. The van der Waals surface area contributed by atoms with Crippen LogP contribution in [0.25, 0.3) is 0 Å². The third-order valence-electron chi connectivity index (χ3n) is 1.17. The molecule has 0 aromatic heterocycles. The van der Waals surface area contributed by atoms with Gasteiger partial charge >= 0.3 is 0 Å². The first-order chi connectivity index (χ1) is 4.13. The van der Waals surface area contributed by atoms with Crippen molar-refractivity contribution in [1.82, 2.24) is 0 Å². The molecule has 0 bridgehead atoms. The monoisotopic (exact) mass is 146 g/mol. The first kappa shape index (κ1) is 9.02. The molecule has 0 aliphatic heterocycles. The van der Waals surface area contributed by atoms with Gasteiger partial charge in [-0.3, -0.25) is 4.79 Å². The molecule has 0 saturated carbocycles. The summed E-state index contributed by atoms with van der Waals surface area (Å²) in [5.41, 5.74) is 0. The van der Waals surface area contributed by atoms with Crippen molar-refractivity contribution < 1.29 is 4.79 Å². The smallest absolute Gasteiger partial charge is 0.185 e. The lowest BCUT2D eigenvalue weighted by Crippen LogP contribution is -1.90. The number of rotatable bonds is 4. The number of carbonyl (C=O) groups is 1. The molecule has 0 aromatic carbocycles. The van der Waals surface area contributed by atoms with Gasteiger partial charge in [0.15, 0.2) is 5.12 Å². The molecule has 0 unspecified atom stereocenters. The van der Waals surface area contributed by atoms with Crippen LogP contribution in [0.3, 0.4) is 0 Å². The average Bonchev–Trinajstić information content (AvgIpc) is 1.63. The zero-order valence-corrected chi connectivity index (χ0v) is 6.95. The Morgan fingerprint density at radius 1 is 1.56 bits per heavy atom. The Morgan fingerprint density at radius 3 is 2.44 bits per heavy atom. The molecule has 0 aromatic rings. The van der Waals surface area contributed by atoms with Crippen LogP contribution in [0.2, 0.25) is 0 Å². The van der Waals surface area contributed by atoms with E-state index < -0.39 is 0 Å². The van der Waals surface area contributed by atoms with E-state index in [1.54, 1.807) is 0 Å². The molecule has 0 heterocycles. The predicted molar refractivity (Wildman–Crippen MR) is 42.7 cm³/mol. The summed E-state index contributed by atoms with van der Waals surface area (Å²) in [6.45, 7) is 4.31. The molecule has 1 nitrogen and oxygen atoms in total. The summed E-state index contributed by atoms with van der Waals surface area (Å²) in [6, 6.07) is 0. The SMILES string of the molecule is CC(C)CCCC(=O)S. The fourth-order valence-corrected chi connectivity index (χ4v) is 0.820. The van der Waals surface area contributed by atoms with Crippen LogP contribution >= 0.6 is 12.6 Å². The summed E-state index contributed by atoms with van der Waals surface area (Å²) in [5, 5.41) is 0.00986. The molecule has 0 fully saturated rings. The Labute approximate surface area is 62.2 Å².